The number of carboxylic acid groups (broad SMARTS) is 2. The van der Waals surface area contributed by atoms with Crippen LogP contribution in [0.4, 0.5) is 0 Å². The fraction of sp³-hybridized carbons (Fsp3) is 0.0667. The van der Waals surface area contributed by atoms with Gasteiger partial charge in [-0.05, 0) is 41.5 Å². The number of carboxylic acids is 2. The molecule has 0 heterocycles. The van der Waals surface area contributed by atoms with Gasteiger partial charge >= 0.3 is 11.9 Å². The van der Waals surface area contributed by atoms with Gasteiger partial charge in [0.1, 0.15) is 5.75 Å². The molecule has 2 rings (SSSR count). The number of aromatic carboxylic acids is 2. The lowest BCUT2D eigenvalue weighted by Gasteiger charge is -2.07. The zero-order valence-electron chi connectivity index (χ0n) is 10.7. The minimum Gasteiger partial charge on any atom is -0.497 e. The predicted molar refractivity (Wildman–Crippen MR) is 72.3 cm³/mol. The first-order valence-electron chi connectivity index (χ1n) is 5.77. The van der Waals surface area contributed by atoms with Crippen molar-refractivity contribution in [1.82, 2.24) is 0 Å². The highest BCUT2D eigenvalue weighted by Crippen LogP contribution is 2.25. The van der Waals surface area contributed by atoms with E-state index in [1.165, 1.54) is 12.1 Å². The minimum atomic E-state index is -1.16. The number of methoxy groups -OCH3 is 1. The van der Waals surface area contributed by atoms with E-state index in [2.05, 4.69) is 0 Å². The lowest BCUT2D eigenvalue weighted by Crippen LogP contribution is -2.03. The molecule has 0 amide bonds. The quantitative estimate of drug-likeness (QED) is 0.894. The predicted octanol–water partition coefficient (Wildman–Crippen LogP) is 2.76. The fourth-order valence-electron chi connectivity index (χ4n) is 1.82. The van der Waals surface area contributed by atoms with E-state index in [0.717, 1.165) is 11.6 Å². The summed E-state index contributed by atoms with van der Waals surface area (Å²) in [5.74, 6) is -1.66. The Labute approximate surface area is 115 Å². The van der Waals surface area contributed by atoms with Crippen LogP contribution in [0, 0.1) is 0 Å². The third-order valence-corrected chi connectivity index (χ3v) is 2.85. The largest absolute Gasteiger partial charge is 0.497 e. The maximum Gasteiger partial charge on any atom is 0.335 e. The molecule has 0 bridgehead atoms. The Morgan fingerprint density at radius 3 is 1.75 bits per heavy atom. The summed E-state index contributed by atoms with van der Waals surface area (Å²) < 4.78 is 5.04. The summed E-state index contributed by atoms with van der Waals surface area (Å²) in [6.07, 6.45) is 0. The highest BCUT2D eigenvalue weighted by Gasteiger charge is 2.12. The molecule has 0 unspecified atom stereocenters. The van der Waals surface area contributed by atoms with E-state index in [-0.39, 0.29) is 11.1 Å². The van der Waals surface area contributed by atoms with Crippen molar-refractivity contribution < 1.29 is 24.5 Å². The van der Waals surface area contributed by atoms with Gasteiger partial charge in [-0.15, -0.1) is 0 Å². The van der Waals surface area contributed by atoms with Crippen LogP contribution in [0.5, 0.6) is 5.75 Å². The van der Waals surface area contributed by atoms with Gasteiger partial charge in [-0.3, -0.25) is 0 Å². The second-order valence-electron chi connectivity index (χ2n) is 4.14. The van der Waals surface area contributed by atoms with E-state index in [0.29, 0.717) is 11.3 Å². The molecule has 2 N–H and O–H groups in total. The molecule has 0 saturated carbocycles. The van der Waals surface area contributed by atoms with Gasteiger partial charge in [-0.25, -0.2) is 9.59 Å². The van der Waals surface area contributed by atoms with Crippen molar-refractivity contribution in [2.24, 2.45) is 0 Å². The Hall–Kier alpha value is -2.82. The van der Waals surface area contributed by atoms with E-state index in [4.69, 9.17) is 14.9 Å². The average molecular weight is 272 g/mol. The smallest absolute Gasteiger partial charge is 0.335 e. The van der Waals surface area contributed by atoms with Crippen LogP contribution in [0.15, 0.2) is 42.5 Å². The summed E-state index contributed by atoms with van der Waals surface area (Å²) in [4.78, 5) is 22.1. The molecule has 0 aliphatic rings. The summed E-state index contributed by atoms with van der Waals surface area (Å²) >= 11 is 0. The number of hydrogen-bond donors (Lipinski definition) is 2. The third kappa shape index (κ3) is 2.77. The first kappa shape index (κ1) is 13.6. The molecule has 0 spiro atoms. The Morgan fingerprint density at radius 2 is 1.35 bits per heavy atom. The summed E-state index contributed by atoms with van der Waals surface area (Å²) in [5, 5.41) is 18.1. The number of carbonyl (C=O) groups is 2. The molecule has 2 aromatic carbocycles. The standard InChI is InChI=1S/C15H12O5/c1-20-13-4-2-9(3-5-13)10-6-11(14(16)17)8-12(7-10)15(18)19/h2-8H,1H3,(H,16,17)(H,18,19). The Kier molecular flexibility index (Phi) is 3.70. The van der Waals surface area contributed by atoms with E-state index in [1.807, 2.05) is 0 Å². The molecular weight excluding hydrogens is 260 g/mol. The normalized spacial score (nSPS) is 10.1. The van der Waals surface area contributed by atoms with Gasteiger partial charge in [-0.2, -0.15) is 0 Å². The minimum absolute atomic E-state index is 0.0595. The van der Waals surface area contributed by atoms with Crippen LogP contribution in [0.25, 0.3) is 11.1 Å². The molecule has 0 aromatic heterocycles. The summed E-state index contributed by atoms with van der Waals surface area (Å²) in [5.41, 5.74) is 1.13. The zero-order valence-corrected chi connectivity index (χ0v) is 10.7. The molecule has 5 heteroatoms. The highest BCUT2D eigenvalue weighted by atomic mass is 16.5. The number of benzene rings is 2. The fourth-order valence-corrected chi connectivity index (χ4v) is 1.82. The maximum atomic E-state index is 11.0. The van der Waals surface area contributed by atoms with Gasteiger partial charge in [0.05, 0.1) is 18.2 Å². The molecule has 102 valence electrons. The van der Waals surface area contributed by atoms with Crippen molar-refractivity contribution in [3.63, 3.8) is 0 Å². The molecule has 0 aliphatic heterocycles. The first-order valence-corrected chi connectivity index (χ1v) is 5.77. The summed E-state index contributed by atoms with van der Waals surface area (Å²) in [6, 6.07) is 11.0. The zero-order chi connectivity index (χ0) is 14.7. The van der Waals surface area contributed by atoms with Gasteiger partial charge in [0, 0.05) is 0 Å². The number of hydrogen-bond acceptors (Lipinski definition) is 3. The second-order valence-corrected chi connectivity index (χ2v) is 4.14. The molecule has 2 aromatic rings. The molecule has 0 atom stereocenters. The van der Waals surface area contributed by atoms with E-state index in [9.17, 15) is 9.59 Å². The van der Waals surface area contributed by atoms with Crippen LogP contribution in [-0.4, -0.2) is 29.3 Å². The topological polar surface area (TPSA) is 83.8 Å². The molecule has 0 radical (unpaired) electrons. The third-order valence-electron chi connectivity index (χ3n) is 2.85. The number of rotatable bonds is 4. The lowest BCUT2D eigenvalue weighted by molar-refractivity contribution is 0.0696. The SMILES string of the molecule is COc1ccc(-c2cc(C(=O)O)cc(C(=O)O)c2)cc1. The monoisotopic (exact) mass is 272 g/mol. The van der Waals surface area contributed by atoms with Crippen molar-refractivity contribution in [3.8, 4) is 16.9 Å². The van der Waals surface area contributed by atoms with E-state index in [1.54, 1.807) is 31.4 Å². The Balaban J connectivity index is 2.53. The molecule has 5 nitrogen and oxygen atoms in total. The van der Waals surface area contributed by atoms with Crippen molar-refractivity contribution in [3.05, 3.63) is 53.6 Å². The summed E-state index contributed by atoms with van der Waals surface area (Å²) in [6.45, 7) is 0. The van der Waals surface area contributed by atoms with Gasteiger partial charge in [0.15, 0.2) is 0 Å². The molecule has 0 saturated heterocycles. The summed E-state index contributed by atoms with van der Waals surface area (Å²) in [7, 11) is 1.54. The van der Waals surface area contributed by atoms with Crippen LogP contribution >= 0.6 is 0 Å². The van der Waals surface area contributed by atoms with E-state index < -0.39 is 11.9 Å². The average Bonchev–Trinajstić information content (AvgIpc) is 2.46. The maximum absolute atomic E-state index is 11.0. The number of ether oxygens (including phenoxy) is 1. The van der Waals surface area contributed by atoms with Gasteiger partial charge in [0.2, 0.25) is 0 Å². The van der Waals surface area contributed by atoms with Crippen molar-refractivity contribution in [1.29, 1.82) is 0 Å². The van der Waals surface area contributed by atoms with E-state index >= 15 is 0 Å². The second kappa shape index (κ2) is 5.44. The van der Waals surface area contributed by atoms with Crippen LogP contribution in [-0.2, 0) is 0 Å². The lowest BCUT2D eigenvalue weighted by atomic mass is 9.99. The Bertz CT molecular complexity index is 626. The molecule has 20 heavy (non-hydrogen) atoms. The van der Waals surface area contributed by atoms with Crippen LogP contribution in [0.2, 0.25) is 0 Å². The van der Waals surface area contributed by atoms with Gasteiger partial charge in [0.25, 0.3) is 0 Å². The van der Waals surface area contributed by atoms with Crippen molar-refractivity contribution in [2.75, 3.05) is 7.11 Å². The van der Waals surface area contributed by atoms with Crippen molar-refractivity contribution >= 4 is 11.9 Å². The Morgan fingerprint density at radius 1 is 0.850 bits per heavy atom. The van der Waals surface area contributed by atoms with Crippen molar-refractivity contribution in [2.45, 2.75) is 0 Å². The van der Waals surface area contributed by atoms with Crippen LogP contribution < -0.4 is 4.74 Å². The molecule has 0 aliphatic carbocycles. The van der Waals surface area contributed by atoms with Gasteiger partial charge in [-0.1, -0.05) is 12.1 Å². The molecule has 0 fully saturated rings. The van der Waals surface area contributed by atoms with Crippen LogP contribution in [0.1, 0.15) is 20.7 Å². The van der Waals surface area contributed by atoms with Gasteiger partial charge < -0.3 is 14.9 Å². The van der Waals surface area contributed by atoms with Crippen LogP contribution in [0.3, 0.4) is 0 Å². The first-order chi connectivity index (χ1) is 9.51. The highest BCUT2D eigenvalue weighted by molar-refractivity contribution is 5.96. The molecular formula is C15H12O5.